The van der Waals surface area contributed by atoms with Crippen LogP contribution in [0.15, 0.2) is 97.1 Å². The maximum Gasteiger partial charge on any atom is 0.251 e. The zero-order valence-electron chi connectivity index (χ0n) is 22.5. The van der Waals surface area contributed by atoms with E-state index in [1.54, 1.807) is 48.5 Å². The lowest BCUT2D eigenvalue weighted by atomic mass is 9.90. The molecule has 0 fully saturated rings. The maximum absolute atomic E-state index is 13.1. The Balaban J connectivity index is 1.63. The first-order valence-corrected chi connectivity index (χ1v) is 13.2. The summed E-state index contributed by atoms with van der Waals surface area (Å²) in [7, 11) is 0. The molecule has 0 aromatic heterocycles. The summed E-state index contributed by atoms with van der Waals surface area (Å²) in [6.45, 7) is 0. The van der Waals surface area contributed by atoms with Crippen molar-refractivity contribution in [2.75, 3.05) is 0 Å². The van der Waals surface area contributed by atoms with E-state index in [1.807, 2.05) is 12.1 Å². The van der Waals surface area contributed by atoms with E-state index in [0.29, 0.717) is 0 Å². The van der Waals surface area contributed by atoms with Gasteiger partial charge in [-0.05, 0) is 48.2 Å². The second-order valence-electron chi connectivity index (χ2n) is 10.00. The highest BCUT2D eigenvalue weighted by molar-refractivity contribution is 5.96. The number of aliphatic hydroxyl groups excluding tert-OH is 2. The zero-order valence-corrected chi connectivity index (χ0v) is 22.5. The number of hydrogen-bond donors (Lipinski definition) is 8. The summed E-state index contributed by atoms with van der Waals surface area (Å²) in [5.41, 5.74) is 1.36. The van der Waals surface area contributed by atoms with Crippen LogP contribution < -0.4 is 10.6 Å². The lowest BCUT2D eigenvalue weighted by Crippen LogP contribution is -2.57. The van der Waals surface area contributed by atoms with Crippen LogP contribution >= 0.6 is 0 Å². The van der Waals surface area contributed by atoms with Crippen molar-refractivity contribution < 1.29 is 40.2 Å². The van der Waals surface area contributed by atoms with Crippen LogP contribution in [-0.2, 0) is 12.8 Å². The van der Waals surface area contributed by atoms with Crippen molar-refractivity contribution in [2.24, 2.45) is 0 Å². The van der Waals surface area contributed by atoms with Crippen molar-refractivity contribution >= 4 is 11.8 Å². The molecule has 2 amide bonds. The first-order valence-electron chi connectivity index (χ1n) is 13.2. The number of nitrogens with one attached hydrogen (secondary N) is 2. The number of phenols is 4. The van der Waals surface area contributed by atoms with Gasteiger partial charge in [0.2, 0.25) is 0 Å². The number of amides is 2. The van der Waals surface area contributed by atoms with Crippen molar-refractivity contribution in [2.45, 2.75) is 37.1 Å². The van der Waals surface area contributed by atoms with Gasteiger partial charge >= 0.3 is 0 Å². The number of phenolic OH excluding ortho intramolecular Hbond substituents is 4. The Bertz CT molecular complexity index is 1360. The van der Waals surface area contributed by atoms with Crippen LogP contribution in [0.2, 0.25) is 0 Å². The number of rotatable bonds is 11. The van der Waals surface area contributed by atoms with Crippen LogP contribution in [0.4, 0.5) is 0 Å². The molecular weight excluding hydrogens is 540 g/mol. The van der Waals surface area contributed by atoms with Gasteiger partial charge in [0, 0.05) is 23.3 Å². The third-order valence-electron chi connectivity index (χ3n) is 6.73. The number of carbonyl (C=O) groups excluding carboxylic acids is 2. The van der Waals surface area contributed by atoms with E-state index in [2.05, 4.69) is 10.6 Å². The second kappa shape index (κ2) is 13.5. The molecule has 8 N–H and O–H groups in total. The summed E-state index contributed by atoms with van der Waals surface area (Å²) in [6.07, 6.45) is -3.01. The first-order chi connectivity index (χ1) is 20.1. The van der Waals surface area contributed by atoms with Crippen LogP contribution in [0.5, 0.6) is 23.0 Å². The van der Waals surface area contributed by atoms with Crippen molar-refractivity contribution in [3.05, 3.63) is 119 Å². The summed E-state index contributed by atoms with van der Waals surface area (Å²) in [5, 5.41) is 67.6. The summed E-state index contributed by atoms with van der Waals surface area (Å²) in [6, 6.07) is 22.5. The Morgan fingerprint density at radius 3 is 1.14 bits per heavy atom. The van der Waals surface area contributed by atoms with E-state index in [-0.39, 0.29) is 47.0 Å². The fourth-order valence-corrected chi connectivity index (χ4v) is 4.68. The molecule has 0 saturated carbocycles. The number of aliphatic hydroxyl groups is 2. The van der Waals surface area contributed by atoms with Crippen LogP contribution in [0, 0.1) is 0 Å². The van der Waals surface area contributed by atoms with Gasteiger partial charge in [0.1, 0.15) is 35.2 Å². The summed E-state index contributed by atoms with van der Waals surface area (Å²) in [5.74, 6) is -2.75. The lowest BCUT2D eigenvalue weighted by Gasteiger charge is -2.33. The normalized spacial score (nSPS) is 13.9. The molecule has 10 heteroatoms. The van der Waals surface area contributed by atoms with Crippen LogP contribution in [-0.4, -0.2) is 66.7 Å². The van der Waals surface area contributed by atoms with Gasteiger partial charge in [-0.2, -0.15) is 0 Å². The second-order valence-corrected chi connectivity index (χ2v) is 10.00. The Morgan fingerprint density at radius 2 is 0.833 bits per heavy atom. The summed E-state index contributed by atoms with van der Waals surface area (Å²) in [4.78, 5) is 26.2. The molecule has 4 atom stereocenters. The van der Waals surface area contributed by atoms with Crippen LogP contribution in [0.25, 0.3) is 0 Å². The van der Waals surface area contributed by atoms with Crippen molar-refractivity contribution in [1.82, 2.24) is 10.6 Å². The SMILES string of the molecule is O=C(N[C@@H](Cc1ccccc1)[C@H](O)[C@H](O)[C@@H](Cc1ccccc1)NC(=O)c1cc(O)cc(O)c1)c1cc(O)cc(O)c1. The standard InChI is InChI=1S/C32H32N2O8/c35-23-13-21(14-24(36)17-23)31(41)33-27(11-19-7-3-1-4-8-19)29(39)30(40)28(12-20-9-5-2-6-10-20)34-32(42)22-15-25(37)18-26(38)16-22/h1-10,13-18,27-30,35-40H,11-12H2,(H,33,41)(H,34,42)/t27-,28+,29-,30+. The molecule has 10 nitrogen and oxygen atoms in total. The Morgan fingerprint density at radius 1 is 0.524 bits per heavy atom. The molecule has 0 bridgehead atoms. The molecule has 0 aliphatic rings. The first kappa shape index (κ1) is 29.9. The molecule has 4 rings (SSSR count). The molecule has 4 aromatic carbocycles. The number of hydrogen-bond acceptors (Lipinski definition) is 8. The number of benzene rings is 4. The Kier molecular flexibility index (Phi) is 9.64. The van der Waals surface area contributed by atoms with Gasteiger partial charge in [0.05, 0.1) is 12.1 Å². The van der Waals surface area contributed by atoms with E-state index in [4.69, 9.17) is 0 Å². The highest BCUT2D eigenvalue weighted by atomic mass is 16.3. The molecule has 0 saturated heterocycles. The Hall–Kier alpha value is -5.06. The largest absolute Gasteiger partial charge is 0.508 e. The molecule has 4 aromatic rings. The molecule has 42 heavy (non-hydrogen) atoms. The zero-order chi connectivity index (χ0) is 30.2. The maximum atomic E-state index is 13.1. The van der Waals surface area contributed by atoms with Gasteiger partial charge in [-0.3, -0.25) is 9.59 Å². The monoisotopic (exact) mass is 572 g/mol. The molecule has 0 radical (unpaired) electrons. The van der Waals surface area contributed by atoms with E-state index in [0.717, 1.165) is 47.5 Å². The molecule has 0 unspecified atom stereocenters. The van der Waals surface area contributed by atoms with Crippen molar-refractivity contribution in [3.63, 3.8) is 0 Å². The topological polar surface area (TPSA) is 180 Å². The van der Waals surface area contributed by atoms with Crippen molar-refractivity contribution in [1.29, 1.82) is 0 Å². The van der Waals surface area contributed by atoms with Gasteiger partial charge < -0.3 is 41.3 Å². The molecule has 0 heterocycles. The predicted octanol–water partition coefficient (Wildman–Crippen LogP) is 2.61. The third kappa shape index (κ3) is 8.00. The summed E-state index contributed by atoms with van der Waals surface area (Å²) < 4.78 is 0. The molecule has 218 valence electrons. The smallest absolute Gasteiger partial charge is 0.251 e. The molecule has 0 aliphatic heterocycles. The Labute approximate surface area is 242 Å². The van der Waals surface area contributed by atoms with E-state index >= 15 is 0 Å². The predicted molar refractivity (Wildman–Crippen MR) is 154 cm³/mol. The van der Waals surface area contributed by atoms with Crippen LogP contribution in [0.1, 0.15) is 31.8 Å². The average Bonchev–Trinajstić information content (AvgIpc) is 2.95. The lowest BCUT2D eigenvalue weighted by molar-refractivity contribution is -0.0219. The number of carbonyl (C=O) groups is 2. The van der Waals surface area contributed by atoms with Gasteiger partial charge in [0.25, 0.3) is 11.8 Å². The summed E-state index contributed by atoms with van der Waals surface area (Å²) >= 11 is 0. The number of aromatic hydroxyl groups is 4. The van der Waals surface area contributed by atoms with Gasteiger partial charge in [-0.25, -0.2) is 0 Å². The van der Waals surface area contributed by atoms with E-state index in [9.17, 15) is 40.2 Å². The molecule has 0 aliphatic carbocycles. The van der Waals surface area contributed by atoms with Crippen LogP contribution in [0.3, 0.4) is 0 Å². The quantitative estimate of drug-likeness (QED) is 0.135. The highest BCUT2D eigenvalue weighted by Gasteiger charge is 2.35. The van der Waals surface area contributed by atoms with Gasteiger partial charge in [-0.15, -0.1) is 0 Å². The minimum absolute atomic E-state index is 0.0647. The molecular formula is C32H32N2O8. The minimum Gasteiger partial charge on any atom is -0.508 e. The van der Waals surface area contributed by atoms with E-state index in [1.165, 1.54) is 0 Å². The fraction of sp³-hybridized carbons (Fsp3) is 0.188. The third-order valence-corrected chi connectivity index (χ3v) is 6.73. The molecule has 0 spiro atoms. The van der Waals surface area contributed by atoms with Gasteiger partial charge in [0.15, 0.2) is 0 Å². The van der Waals surface area contributed by atoms with Crippen molar-refractivity contribution in [3.8, 4) is 23.0 Å². The van der Waals surface area contributed by atoms with E-state index < -0.39 is 36.1 Å². The fourth-order valence-electron chi connectivity index (χ4n) is 4.68. The average molecular weight is 573 g/mol. The van der Waals surface area contributed by atoms with Gasteiger partial charge in [-0.1, -0.05) is 60.7 Å². The minimum atomic E-state index is -1.60. The highest BCUT2D eigenvalue weighted by Crippen LogP contribution is 2.23.